The quantitative estimate of drug-likeness (QED) is 0.870. The highest BCUT2D eigenvalue weighted by atomic mass is 16.2. The first-order valence-electron chi connectivity index (χ1n) is 9.79. The Morgan fingerprint density at radius 2 is 2.07 bits per heavy atom. The molecule has 2 fully saturated rings. The van der Waals surface area contributed by atoms with Crippen molar-refractivity contribution in [2.75, 3.05) is 19.6 Å². The van der Waals surface area contributed by atoms with E-state index in [1.54, 1.807) is 12.3 Å². The molecule has 0 spiro atoms. The van der Waals surface area contributed by atoms with Crippen LogP contribution >= 0.6 is 0 Å². The number of carbonyl (C=O) groups excluding carboxylic acids is 2. The van der Waals surface area contributed by atoms with E-state index in [-0.39, 0.29) is 23.4 Å². The van der Waals surface area contributed by atoms with E-state index >= 15 is 0 Å². The van der Waals surface area contributed by atoms with Gasteiger partial charge in [-0.3, -0.25) is 19.4 Å². The first kappa shape index (κ1) is 18.4. The summed E-state index contributed by atoms with van der Waals surface area (Å²) < 4.78 is 0. The van der Waals surface area contributed by atoms with E-state index in [4.69, 9.17) is 0 Å². The Kier molecular flexibility index (Phi) is 5.23. The number of aromatic nitrogens is 2. The van der Waals surface area contributed by atoms with Crippen LogP contribution < -0.4 is 5.56 Å². The summed E-state index contributed by atoms with van der Waals surface area (Å²) in [5.41, 5.74) is 1.27. The third-order valence-electron chi connectivity index (χ3n) is 5.80. The van der Waals surface area contributed by atoms with Gasteiger partial charge >= 0.3 is 0 Å². The summed E-state index contributed by atoms with van der Waals surface area (Å²) in [6.07, 6.45) is 6.13. The molecule has 2 amide bonds. The van der Waals surface area contributed by atoms with Gasteiger partial charge in [0.15, 0.2) is 0 Å². The van der Waals surface area contributed by atoms with Gasteiger partial charge in [0, 0.05) is 62.7 Å². The first-order valence-corrected chi connectivity index (χ1v) is 9.79. The Labute approximate surface area is 163 Å². The molecule has 28 heavy (non-hydrogen) atoms. The molecule has 2 aliphatic rings. The summed E-state index contributed by atoms with van der Waals surface area (Å²) in [5.74, 6) is 0.436. The van der Waals surface area contributed by atoms with Crippen molar-refractivity contribution in [1.82, 2.24) is 19.8 Å². The molecule has 0 saturated carbocycles. The minimum absolute atomic E-state index is 0.0633. The monoisotopic (exact) mass is 380 g/mol. The highest BCUT2D eigenvalue weighted by Crippen LogP contribution is 2.32. The lowest BCUT2D eigenvalue weighted by atomic mass is 9.83. The van der Waals surface area contributed by atoms with Gasteiger partial charge in [-0.05, 0) is 37.0 Å². The molecule has 0 bridgehead atoms. The number of amides is 2. The molecule has 2 atom stereocenters. The Hall–Kier alpha value is -2.96. The smallest absolute Gasteiger partial charge is 0.255 e. The fourth-order valence-corrected chi connectivity index (χ4v) is 4.33. The van der Waals surface area contributed by atoms with Crippen molar-refractivity contribution in [3.63, 3.8) is 0 Å². The number of nitrogens with one attached hydrogen (secondary N) is 1. The second kappa shape index (κ2) is 7.96. The van der Waals surface area contributed by atoms with Crippen LogP contribution in [-0.2, 0) is 11.2 Å². The molecule has 2 aromatic rings. The Bertz CT molecular complexity index is 891. The Morgan fingerprint density at radius 1 is 1.18 bits per heavy atom. The molecule has 1 N–H and O–H groups in total. The average molecular weight is 380 g/mol. The zero-order valence-corrected chi connectivity index (χ0v) is 15.7. The van der Waals surface area contributed by atoms with E-state index in [2.05, 4.69) is 9.97 Å². The Morgan fingerprint density at radius 3 is 2.82 bits per heavy atom. The van der Waals surface area contributed by atoms with Gasteiger partial charge < -0.3 is 14.8 Å². The number of pyridine rings is 2. The summed E-state index contributed by atoms with van der Waals surface area (Å²) >= 11 is 0. The highest BCUT2D eigenvalue weighted by Gasteiger charge is 2.40. The minimum Gasteiger partial charge on any atom is -0.339 e. The van der Waals surface area contributed by atoms with E-state index in [0.29, 0.717) is 37.5 Å². The van der Waals surface area contributed by atoms with Crippen LogP contribution in [0.15, 0.2) is 47.5 Å². The summed E-state index contributed by atoms with van der Waals surface area (Å²) in [7, 11) is 0. The predicted molar refractivity (Wildman–Crippen MR) is 104 cm³/mol. The number of carbonyl (C=O) groups is 2. The molecule has 0 aliphatic carbocycles. The molecule has 7 heteroatoms. The largest absolute Gasteiger partial charge is 0.339 e. The molecule has 7 nitrogen and oxygen atoms in total. The first-order chi connectivity index (χ1) is 13.6. The molecular formula is C21H24N4O3. The van der Waals surface area contributed by atoms with Gasteiger partial charge in [-0.1, -0.05) is 6.07 Å². The number of nitrogens with zero attached hydrogens (tertiary/aromatic N) is 3. The fraction of sp³-hybridized carbons (Fsp3) is 0.429. The molecule has 2 saturated heterocycles. The number of piperidine rings is 2. The summed E-state index contributed by atoms with van der Waals surface area (Å²) in [5, 5.41) is 0. The van der Waals surface area contributed by atoms with Gasteiger partial charge in [0.05, 0.1) is 5.56 Å². The Balaban J connectivity index is 1.41. The van der Waals surface area contributed by atoms with E-state index < -0.39 is 0 Å². The lowest BCUT2D eigenvalue weighted by Gasteiger charge is -2.47. The van der Waals surface area contributed by atoms with Crippen molar-refractivity contribution in [3.05, 3.63) is 64.3 Å². The number of likely N-dealkylation sites (tertiary alicyclic amines) is 2. The SMILES string of the molecule is O=C(c1ccc(=O)[nH]c1)N1CC[C@@H]2[C@@H](CCC(=O)N2CCc2ccccn2)C1. The molecule has 4 heterocycles. The topological polar surface area (TPSA) is 86.4 Å². The van der Waals surface area contributed by atoms with E-state index in [0.717, 1.165) is 25.0 Å². The van der Waals surface area contributed by atoms with Crippen LogP contribution in [-0.4, -0.2) is 57.3 Å². The van der Waals surface area contributed by atoms with Crippen LogP contribution in [0.1, 0.15) is 35.3 Å². The maximum atomic E-state index is 12.8. The summed E-state index contributed by atoms with van der Waals surface area (Å²) in [6.45, 7) is 1.94. The third kappa shape index (κ3) is 3.83. The molecule has 2 aliphatic heterocycles. The van der Waals surface area contributed by atoms with Crippen LogP contribution in [0.4, 0.5) is 0 Å². The third-order valence-corrected chi connectivity index (χ3v) is 5.80. The highest BCUT2D eigenvalue weighted by molar-refractivity contribution is 5.94. The maximum absolute atomic E-state index is 12.8. The molecule has 0 radical (unpaired) electrons. The van der Waals surface area contributed by atoms with Crippen LogP contribution in [0.5, 0.6) is 0 Å². The molecule has 4 rings (SSSR count). The van der Waals surface area contributed by atoms with Gasteiger partial charge in [0.2, 0.25) is 11.5 Å². The van der Waals surface area contributed by atoms with Crippen LogP contribution in [0.3, 0.4) is 0 Å². The molecular weight excluding hydrogens is 356 g/mol. The van der Waals surface area contributed by atoms with Crippen LogP contribution in [0, 0.1) is 5.92 Å². The standard InChI is InChI=1S/C21H24N4O3/c26-19-6-4-15(13-23-19)21(28)24-11-9-18-16(14-24)5-7-20(27)25(18)12-8-17-3-1-2-10-22-17/h1-4,6,10,13,16,18H,5,7-9,11-12,14H2,(H,23,26)/t16-,18+/m0/s1. The zero-order chi connectivity index (χ0) is 19.5. The minimum atomic E-state index is -0.218. The lowest BCUT2D eigenvalue weighted by molar-refractivity contribution is -0.140. The molecule has 0 aromatic carbocycles. The van der Waals surface area contributed by atoms with Crippen molar-refractivity contribution in [3.8, 4) is 0 Å². The number of aromatic amines is 1. The zero-order valence-electron chi connectivity index (χ0n) is 15.7. The molecule has 146 valence electrons. The molecule has 2 aromatic heterocycles. The summed E-state index contributed by atoms with van der Waals surface area (Å²) in [4.78, 5) is 47.3. The fourth-order valence-electron chi connectivity index (χ4n) is 4.33. The van der Waals surface area contributed by atoms with Crippen LogP contribution in [0.2, 0.25) is 0 Å². The number of rotatable bonds is 4. The lowest BCUT2D eigenvalue weighted by Crippen LogP contribution is -2.57. The van der Waals surface area contributed by atoms with Gasteiger partial charge in [0.25, 0.3) is 5.91 Å². The van der Waals surface area contributed by atoms with Gasteiger partial charge in [-0.15, -0.1) is 0 Å². The normalized spacial score (nSPS) is 22.1. The number of H-pyrrole nitrogens is 1. The van der Waals surface area contributed by atoms with E-state index in [1.807, 2.05) is 28.0 Å². The number of hydrogen-bond acceptors (Lipinski definition) is 4. The second-order valence-electron chi connectivity index (χ2n) is 7.51. The average Bonchev–Trinajstić information content (AvgIpc) is 2.73. The summed E-state index contributed by atoms with van der Waals surface area (Å²) in [6, 6.07) is 8.96. The molecule has 0 unspecified atom stereocenters. The maximum Gasteiger partial charge on any atom is 0.255 e. The van der Waals surface area contributed by atoms with Crippen molar-refractivity contribution < 1.29 is 9.59 Å². The number of hydrogen-bond donors (Lipinski definition) is 1. The van der Waals surface area contributed by atoms with Crippen molar-refractivity contribution >= 4 is 11.8 Å². The van der Waals surface area contributed by atoms with E-state index in [1.165, 1.54) is 12.3 Å². The van der Waals surface area contributed by atoms with Crippen LogP contribution in [0.25, 0.3) is 0 Å². The second-order valence-corrected chi connectivity index (χ2v) is 7.51. The van der Waals surface area contributed by atoms with Gasteiger partial charge in [-0.2, -0.15) is 0 Å². The van der Waals surface area contributed by atoms with Gasteiger partial charge in [-0.25, -0.2) is 0 Å². The van der Waals surface area contributed by atoms with Crippen molar-refractivity contribution in [2.24, 2.45) is 5.92 Å². The predicted octanol–water partition coefficient (Wildman–Crippen LogP) is 1.47. The number of fused-ring (bicyclic) bond motifs is 1. The van der Waals surface area contributed by atoms with Gasteiger partial charge in [0.1, 0.15) is 0 Å². The van der Waals surface area contributed by atoms with Crippen molar-refractivity contribution in [2.45, 2.75) is 31.7 Å². The van der Waals surface area contributed by atoms with Crippen molar-refractivity contribution in [1.29, 1.82) is 0 Å². The van der Waals surface area contributed by atoms with E-state index in [9.17, 15) is 14.4 Å².